The third-order valence-electron chi connectivity index (χ3n) is 4.58. The first kappa shape index (κ1) is 18.5. The molecule has 1 aliphatic rings. The maximum absolute atomic E-state index is 12.7. The van der Waals surface area contributed by atoms with E-state index in [1.807, 2.05) is 41.6 Å². The van der Waals surface area contributed by atoms with E-state index in [0.29, 0.717) is 12.6 Å². The van der Waals surface area contributed by atoms with Crippen molar-refractivity contribution in [1.82, 2.24) is 14.5 Å². The second kappa shape index (κ2) is 8.31. The van der Waals surface area contributed by atoms with Crippen LogP contribution >= 0.6 is 12.4 Å². The normalized spacial score (nSPS) is 17.4. The van der Waals surface area contributed by atoms with E-state index in [4.69, 9.17) is 5.73 Å². The molecule has 1 aromatic carbocycles. The Bertz CT molecular complexity index is 668. The number of piperidine rings is 1. The maximum Gasteiger partial charge on any atom is 0.253 e. The molecule has 5 nitrogen and oxygen atoms in total. The van der Waals surface area contributed by atoms with Crippen LogP contribution in [0, 0.1) is 0 Å². The van der Waals surface area contributed by atoms with E-state index in [-0.39, 0.29) is 18.3 Å². The second-order valence-corrected chi connectivity index (χ2v) is 6.05. The first-order valence-corrected chi connectivity index (χ1v) is 8.33. The fourth-order valence-corrected chi connectivity index (χ4v) is 3.28. The number of benzene rings is 1. The summed E-state index contributed by atoms with van der Waals surface area (Å²) in [6, 6.07) is 7.94. The molecule has 2 heterocycles. The predicted molar refractivity (Wildman–Crippen MR) is 97.4 cm³/mol. The summed E-state index contributed by atoms with van der Waals surface area (Å²) in [6.07, 6.45) is 6.93. The van der Waals surface area contributed by atoms with Crippen LogP contribution in [-0.4, -0.2) is 33.4 Å². The molecule has 1 unspecified atom stereocenters. The van der Waals surface area contributed by atoms with Gasteiger partial charge in [-0.3, -0.25) is 4.79 Å². The highest BCUT2D eigenvalue weighted by Crippen LogP contribution is 2.24. The van der Waals surface area contributed by atoms with Crippen molar-refractivity contribution in [3.05, 3.63) is 53.6 Å². The smallest absolute Gasteiger partial charge is 0.253 e. The summed E-state index contributed by atoms with van der Waals surface area (Å²) in [5.74, 6) is 1.20. The first-order valence-electron chi connectivity index (χ1n) is 8.33. The van der Waals surface area contributed by atoms with Crippen LogP contribution < -0.4 is 5.73 Å². The summed E-state index contributed by atoms with van der Waals surface area (Å²) in [6.45, 7) is 4.19. The molecule has 1 aliphatic heterocycles. The zero-order valence-electron chi connectivity index (χ0n) is 14.0. The van der Waals surface area contributed by atoms with Gasteiger partial charge in [0.25, 0.3) is 5.91 Å². The van der Waals surface area contributed by atoms with Crippen molar-refractivity contribution in [1.29, 1.82) is 0 Å². The number of amides is 1. The number of rotatable bonds is 4. The lowest BCUT2D eigenvalue weighted by Crippen LogP contribution is -2.40. The molecule has 0 saturated carbocycles. The highest BCUT2D eigenvalue weighted by Gasteiger charge is 2.26. The van der Waals surface area contributed by atoms with Gasteiger partial charge in [-0.15, -0.1) is 12.4 Å². The number of carbonyl (C=O) groups excluding carboxylic acids is 1. The third kappa shape index (κ3) is 3.79. The van der Waals surface area contributed by atoms with Crippen molar-refractivity contribution in [3.63, 3.8) is 0 Å². The molecule has 1 amide bonds. The Hall–Kier alpha value is -1.85. The van der Waals surface area contributed by atoms with Gasteiger partial charge >= 0.3 is 0 Å². The second-order valence-electron chi connectivity index (χ2n) is 6.05. The quantitative estimate of drug-likeness (QED) is 0.924. The van der Waals surface area contributed by atoms with E-state index < -0.39 is 0 Å². The number of imidazole rings is 1. The Morgan fingerprint density at radius 2 is 2.08 bits per heavy atom. The fraction of sp³-hybridized carbons (Fsp3) is 0.444. The highest BCUT2D eigenvalue weighted by molar-refractivity contribution is 5.94. The average Bonchev–Trinajstić information content (AvgIpc) is 3.10. The Balaban J connectivity index is 0.00000208. The lowest BCUT2D eigenvalue weighted by molar-refractivity contribution is 0.0678. The van der Waals surface area contributed by atoms with Crippen LogP contribution in [0.5, 0.6) is 0 Å². The minimum Gasteiger partial charge on any atom is -0.337 e. The summed E-state index contributed by atoms with van der Waals surface area (Å²) in [7, 11) is 0. The Labute approximate surface area is 149 Å². The number of hydrogen-bond acceptors (Lipinski definition) is 3. The third-order valence-corrected chi connectivity index (χ3v) is 4.58. The van der Waals surface area contributed by atoms with Crippen molar-refractivity contribution in [2.24, 2.45) is 5.73 Å². The van der Waals surface area contributed by atoms with Gasteiger partial charge in [0.1, 0.15) is 5.82 Å². The Kier molecular flexibility index (Phi) is 6.40. The Morgan fingerprint density at radius 1 is 1.33 bits per heavy atom. The Morgan fingerprint density at radius 3 is 2.75 bits per heavy atom. The van der Waals surface area contributed by atoms with Crippen molar-refractivity contribution in [3.8, 4) is 0 Å². The minimum atomic E-state index is 0. The van der Waals surface area contributed by atoms with E-state index >= 15 is 0 Å². The lowest BCUT2D eigenvalue weighted by atomic mass is 10.0. The molecule has 24 heavy (non-hydrogen) atoms. The van der Waals surface area contributed by atoms with Crippen molar-refractivity contribution >= 4 is 18.3 Å². The SMILES string of the molecule is CCc1nccn1C1CCCN(C(=O)c2ccc(CN)cc2)C1.Cl. The predicted octanol–water partition coefficient (Wildman–Crippen LogP) is 2.80. The molecule has 0 radical (unpaired) electrons. The van der Waals surface area contributed by atoms with E-state index in [9.17, 15) is 4.79 Å². The number of carbonyl (C=O) groups is 1. The molecule has 1 fully saturated rings. The summed E-state index contributed by atoms with van der Waals surface area (Å²) in [5, 5.41) is 0. The minimum absolute atomic E-state index is 0. The summed E-state index contributed by atoms with van der Waals surface area (Å²) in [4.78, 5) is 19.1. The highest BCUT2D eigenvalue weighted by atomic mass is 35.5. The van der Waals surface area contributed by atoms with Gasteiger partial charge < -0.3 is 15.2 Å². The van der Waals surface area contributed by atoms with Gasteiger partial charge in [-0.25, -0.2) is 4.98 Å². The number of aromatic nitrogens is 2. The van der Waals surface area contributed by atoms with Crippen LogP contribution in [0.2, 0.25) is 0 Å². The number of halogens is 1. The van der Waals surface area contributed by atoms with Crippen LogP contribution in [0.3, 0.4) is 0 Å². The number of nitrogens with two attached hydrogens (primary N) is 1. The van der Waals surface area contributed by atoms with Crippen molar-refractivity contribution < 1.29 is 4.79 Å². The molecule has 1 atom stereocenters. The monoisotopic (exact) mass is 348 g/mol. The lowest BCUT2D eigenvalue weighted by Gasteiger charge is -2.34. The number of hydrogen-bond donors (Lipinski definition) is 1. The van der Waals surface area contributed by atoms with Crippen molar-refractivity contribution in [2.45, 2.75) is 38.8 Å². The van der Waals surface area contributed by atoms with Crippen LogP contribution in [0.15, 0.2) is 36.7 Å². The zero-order valence-corrected chi connectivity index (χ0v) is 14.8. The molecule has 1 saturated heterocycles. The molecule has 3 rings (SSSR count). The molecule has 2 aromatic rings. The van der Waals surface area contributed by atoms with Gasteiger partial charge in [0.2, 0.25) is 0 Å². The molecule has 2 N–H and O–H groups in total. The molecule has 0 spiro atoms. The molecule has 130 valence electrons. The van der Waals surface area contributed by atoms with Crippen LogP contribution in [0.4, 0.5) is 0 Å². The van der Waals surface area contributed by atoms with Gasteiger partial charge in [-0.2, -0.15) is 0 Å². The number of nitrogens with zero attached hydrogens (tertiary/aromatic N) is 3. The molecular formula is C18H25ClN4O. The number of aryl methyl sites for hydroxylation is 1. The van der Waals surface area contributed by atoms with Crippen molar-refractivity contribution in [2.75, 3.05) is 13.1 Å². The summed E-state index contributed by atoms with van der Waals surface area (Å²) >= 11 is 0. The van der Waals surface area contributed by atoms with E-state index in [1.54, 1.807) is 0 Å². The van der Waals surface area contributed by atoms with Gasteiger partial charge in [0.15, 0.2) is 0 Å². The molecule has 1 aromatic heterocycles. The first-order chi connectivity index (χ1) is 11.2. The van der Waals surface area contributed by atoms with Crippen LogP contribution in [0.25, 0.3) is 0 Å². The summed E-state index contributed by atoms with van der Waals surface area (Å²) in [5.41, 5.74) is 7.40. The molecular weight excluding hydrogens is 324 g/mol. The topological polar surface area (TPSA) is 64.2 Å². The van der Waals surface area contributed by atoms with Crippen LogP contribution in [-0.2, 0) is 13.0 Å². The maximum atomic E-state index is 12.7. The largest absolute Gasteiger partial charge is 0.337 e. The van der Waals surface area contributed by atoms with E-state index in [2.05, 4.69) is 16.5 Å². The fourth-order valence-electron chi connectivity index (χ4n) is 3.28. The van der Waals surface area contributed by atoms with Gasteiger partial charge in [-0.1, -0.05) is 19.1 Å². The molecule has 6 heteroatoms. The summed E-state index contributed by atoms with van der Waals surface area (Å²) < 4.78 is 2.23. The average molecular weight is 349 g/mol. The van der Waals surface area contributed by atoms with E-state index in [0.717, 1.165) is 49.3 Å². The number of likely N-dealkylation sites (tertiary alicyclic amines) is 1. The van der Waals surface area contributed by atoms with Gasteiger partial charge in [0, 0.05) is 44.0 Å². The standard InChI is InChI=1S/C18H24N4O.ClH/c1-2-17-20-9-11-22(17)16-4-3-10-21(13-16)18(23)15-7-5-14(12-19)6-8-15;/h5-9,11,16H,2-4,10,12-13,19H2,1H3;1H. The van der Waals surface area contributed by atoms with Gasteiger partial charge in [-0.05, 0) is 30.5 Å². The molecule has 0 bridgehead atoms. The van der Waals surface area contributed by atoms with Gasteiger partial charge in [0.05, 0.1) is 6.04 Å². The molecule has 0 aliphatic carbocycles. The van der Waals surface area contributed by atoms with E-state index in [1.165, 1.54) is 0 Å². The van der Waals surface area contributed by atoms with Crippen LogP contribution in [0.1, 0.15) is 47.6 Å². The zero-order chi connectivity index (χ0) is 16.2.